The van der Waals surface area contributed by atoms with E-state index in [4.69, 9.17) is 26.1 Å². The second-order valence-electron chi connectivity index (χ2n) is 12.6. The first-order valence-electron chi connectivity index (χ1n) is 15.1. The zero-order valence-electron chi connectivity index (χ0n) is 24.0. The Morgan fingerprint density at radius 3 is 2.77 bits per heavy atom. The number of piperidine rings is 1. The van der Waals surface area contributed by atoms with Crippen LogP contribution in [0.3, 0.4) is 0 Å². The van der Waals surface area contributed by atoms with Gasteiger partial charge < -0.3 is 19.5 Å². The van der Waals surface area contributed by atoms with Gasteiger partial charge in [0.25, 0.3) is 0 Å². The number of aromatic nitrogens is 3. The summed E-state index contributed by atoms with van der Waals surface area (Å²) in [7, 11) is 0. The predicted molar refractivity (Wildman–Crippen MR) is 160 cm³/mol. The summed E-state index contributed by atoms with van der Waals surface area (Å²) in [6, 6.07) is 5.40. The molecule has 1 N–H and O–H groups in total. The topological polar surface area (TPSA) is 83.8 Å². The minimum atomic E-state index is -0.918. The van der Waals surface area contributed by atoms with Gasteiger partial charge in [-0.2, -0.15) is 9.97 Å². The number of phenols is 1. The number of alkyl halides is 1. The smallest absolute Gasteiger partial charge is 0.319 e. The fourth-order valence-corrected chi connectivity index (χ4v) is 8.00. The number of nitrogens with zero attached hydrogens (tertiary/aromatic N) is 5. The zero-order valence-corrected chi connectivity index (χ0v) is 24.7. The van der Waals surface area contributed by atoms with Gasteiger partial charge in [-0.15, -0.1) is 0 Å². The second kappa shape index (κ2) is 10.3. The van der Waals surface area contributed by atoms with Crippen LogP contribution in [0.1, 0.15) is 38.5 Å². The molecule has 0 aliphatic carbocycles. The van der Waals surface area contributed by atoms with Crippen molar-refractivity contribution in [3.63, 3.8) is 0 Å². The van der Waals surface area contributed by atoms with Gasteiger partial charge in [0.05, 0.1) is 28.2 Å². The summed E-state index contributed by atoms with van der Waals surface area (Å²) in [5.74, 6) is -1.11. The van der Waals surface area contributed by atoms with Crippen LogP contribution in [0, 0.1) is 11.6 Å². The molecule has 4 fully saturated rings. The van der Waals surface area contributed by atoms with Gasteiger partial charge in [-0.3, -0.25) is 9.88 Å². The summed E-state index contributed by atoms with van der Waals surface area (Å²) in [5.41, 5.74) is -0.727. The molecule has 2 aromatic carbocycles. The number of phenolic OH excluding ortho intramolecular Hbond substituents is 1. The van der Waals surface area contributed by atoms with Crippen molar-refractivity contribution in [1.82, 2.24) is 19.9 Å². The predicted octanol–water partition coefficient (Wildman–Crippen LogP) is 6.20. The average Bonchev–Trinajstić information content (AvgIpc) is 3.52. The van der Waals surface area contributed by atoms with Crippen molar-refractivity contribution in [1.29, 1.82) is 0 Å². The third kappa shape index (κ3) is 4.46. The van der Waals surface area contributed by atoms with E-state index in [-0.39, 0.29) is 51.2 Å². The molecule has 230 valence electrons. The van der Waals surface area contributed by atoms with Gasteiger partial charge in [0, 0.05) is 49.6 Å². The first-order chi connectivity index (χ1) is 21.2. The van der Waals surface area contributed by atoms with Crippen LogP contribution in [-0.4, -0.2) is 81.7 Å². The summed E-state index contributed by atoms with van der Waals surface area (Å²) >= 11 is 6.36. The number of hydrogen-bond donors (Lipinski definition) is 1. The lowest BCUT2D eigenvalue weighted by atomic mass is 9.86. The summed E-state index contributed by atoms with van der Waals surface area (Å²) < 4.78 is 57.9. The first kappa shape index (κ1) is 28.1. The van der Waals surface area contributed by atoms with Gasteiger partial charge in [0.1, 0.15) is 41.4 Å². The Hall–Kier alpha value is -3.41. The third-order valence-electron chi connectivity index (χ3n) is 9.93. The van der Waals surface area contributed by atoms with E-state index in [1.807, 2.05) is 0 Å². The van der Waals surface area contributed by atoms with E-state index in [0.717, 1.165) is 38.6 Å². The molecule has 0 amide bonds. The third-order valence-corrected chi connectivity index (χ3v) is 10.3. The maximum atomic E-state index is 16.7. The molecule has 1 spiro atoms. The number of rotatable bonds is 5. The van der Waals surface area contributed by atoms with Gasteiger partial charge in [-0.1, -0.05) is 17.7 Å². The highest BCUT2D eigenvalue weighted by Gasteiger charge is 2.49. The normalized spacial score (nSPS) is 26.9. The monoisotopic (exact) mass is 625 g/mol. The van der Waals surface area contributed by atoms with Gasteiger partial charge in [-0.05, 0) is 55.8 Å². The maximum Gasteiger partial charge on any atom is 0.319 e. The Balaban J connectivity index is 1.26. The highest BCUT2D eigenvalue weighted by atomic mass is 35.5. The number of anilines is 1. The van der Waals surface area contributed by atoms with Gasteiger partial charge in [0.15, 0.2) is 5.82 Å². The number of hydrogen-bond acceptors (Lipinski definition) is 8. The summed E-state index contributed by atoms with van der Waals surface area (Å²) in [4.78, 5) is 18.0. The van der Waals surface area contributed by atoms with Crippen LogP contribution in [0.4, 0.5) is 19.0 Å². The number of aromatic hydroxyl groups is 1. The van der Waals surface area contributed by atoms with E-state index in [1.54, 1.807) is 0 Å². The molecule has 8 rings (SSSR count). The Labute approximate surface area is 256 Å². The molecule has 44 heavy (non-hydrogen) atoms. The number of ether oxygens (including phenoxy) is 2. The lowest BCUT2D eigenvalue weighted by Gasteiger charge is -2.48. The lowest BCUT2D eigenvalue weighted by Crippen LogP contribution is -2.56. The van der Waals surface area contributed by atoms with E-state index in [9.17, 15) is 13.9 Å². The quantitative estimate of drug-likeness (QED) is 0.281. The van der Waals surface area contributed by atoms with E-state index in [0.29, 0.717) is 49.3 Å². The Morgan fingerprint density at radius 2 is 1.95 bits per heavy atom. The largest absolute Gasteiger partial charge is 0.508 e. The van der Waals surface area contributed by atoms with Crippen LogP contribution in [-0.2, 0) is 4.74 Å². The number of fused-ring (bicyclic) bond motifs is 3. The van der Waals surface area contributed by atoms with Crippen molar-refractivity contribution >= 4 is 39.1 Å². The highest BCUT2D eigenvalue weighted by molar-refractivity contribution is 6.37. The number of halogens is 4. The van der Waals surface area contributed by atoms with E-state index >= 15 is 4.39 Å². The van der Waals surface area contributed by atoms with Gasteiger partial charge in [0.2, 0.25) is 0 Å². The molecule has 0 saturated carbocycles. The molecular formula is C32H31ClF3N5O3. The fraction of sp³-hybridized carbons (Fsp3) is 0.469. The molecule has 0 radical (unpaired) electrons. The second-order valence-corrected chi connectivity index (χ2v) is 13.0. The van der Waals surface area contributed by atoms with Gasteiger partial charge >= 0.3 is 6.01 Å². The van der Waals surface area contributed by atoms with E-state index < -0.39 is 23.3 Å². The molecule has 6 heterocycles. The molecule has 0 bridgehead atoms. The van der Waals surface area contributed by atoms with Crippen LogP contribution in [0.5, 0.6) is 11.8 Å². The Morgan fingerprint density at radius 1 is 1.11 bits per heavy atom. The first-order valence-corrected chi connectivity index (χ1v) is 15.5. The van der Waals surface area contributed by atoms with Crippen molar-refractivity contribution in [2.75, 3.05) is 44.3 Å². The SMILES string of the molecule is Oc1cc(-c2ncc3c(N4CCCC5(CCO5)C4)nc(OC[C@@]45CCCN4C[C@H](F)C5)nc3c2F)c2c(Cl)c(F)ccc2c1. The average molecular weight is 626 g/mol. The van der Waals surface area contributed by atoms with Gasteiger partial charge in [-0.25, -0.2) is 13.2 Å². The standard InChI is InChI=1S/C32H31ClF3N5O3/c33-25-23(35)4-3-18-11-20(42)12-21(24(18)25)27-26(36)28-22(14-37-27)29(40-8-2-6-32(16-40)7-10-44-32)39-30(38-28)43-17-31-5-1-9-41(31)15-19(34)13-31/h3-4,11-12,14,19,42H,1-2,5-10,13,15-17H2/t19-,31+,32?/m1/s1. The summed E-state index contributed by atoms with van der Waals surface area (Å²) in [5, 5.41) is 11.3. The van der Waals surface area contributed by atoms with Crippen molar-refractivity contribution in [2.45, 2.75) is 55.8 Å². The molecule has 4 aliphatic heterocycles. The Kier molecular flexibility index (Phi) is 6.59. The summed E-state index contributed by atoms with van der Waals surface area (Å²) in [6.07, 6.45) is 5.49. The molecule has 4 saturated heterocycles. The molecule has 2 aromatic heterocycles. The molecule has 4 aromatic rings. The molecule has 3 atom stereocenters. The fourth-order valence-electron chi connectivity index (χ4n) is 7.72. The molecule has 4 aliphatic rings. The minimum Gasteiger partial charge on any atom is -0.508 e. The van der Waals surface area contributed by atoms with Crippen LogP contribution in [0.2, 0.25) is 5.02 Å². The number of benzene rings is 2. The lowest BCUT2D eigenvalue weighted by molar-refractivity contribution is -0.151. The molecular weight excluding hydrogens is 595 g/mol. The van der Waals surface area contributed by atoms with Crippen LogP contribution in [0.15, 0.2) is 30.5 Å². The van der Waals surface area contributed by atoms with Crippen LogP contribution < -0.4 is 9.64 Å². The zero-order chi connectivity index (χ0) is 30.2. The highest BCUT2D eigenvalue weighted by Crippen LogP contribution is 2.43. The molecule has 8 nitrogen and oxygen atoms in total. The molecule has 12 heteroatoms. The number of pyridine rings is 1. The van der Waals surface area contributed by atoms with Crippen molar-refractivity contribution in [2.24, 2.45) is 0 Å². The van der Waals surface area contributed by atoms with E-state index in [1.165, 1.54) is 30.5 Å². The van der Waals surface area contributed by atoms with Crippen molar-refractivity contribution < 1.29 is 27.8 Å². The summed E-state index contributed by atoms with van der Waals surface area (Å²) in [6.45, 7) is 3.38. The Bertz CT molecular complexity index is 1810. The minimum absolute atomic E-state index is 0.00826. The van der Waals surface area contributed by atoms with Crippen molar-refractivity contribution in [3.05, 3.63) is 47.1 Å². The molecule has 1 unspecified atom stereocenters. The van der Waals surface area contributed by atoms with Crippen LogP contribution >= 0.6 is 11.6 Å². The maximum absolute atomic E-state index is 16.7. The van der Waals surface area contributed by atoms with Crippen molar-refractivity contribution in [3.8, 4) is 23.0 Å². The van der Waals surface area contributed by atoms with E-state index in [2.05, 4.69) is 19.8 Å². The van der Waals surface area contributed by atoms with Crippen LogP contribution in [0.25, 0.3) is 32.9 Å².